The molecule has 0 fully saturated rings. The molecule has 0 aliphatic heterocycles. The summed E-state index contributed by atoms with van der Waals surface area (Å²) in [6.45, 7) is 4.00. The van der Waals surface area contributed by atoms with Crippen molar-refractivity contribution in [2.24, 2.45) is 0 Å². The van der Waals surface area contributed by atoms with Gasteiger partial charge in [-0.3, -0.25) is 0 Å². The molecule has 0 unspecified atom stereocenters. The molecule has 0 saturated carbocycles. The summed E-state index contributed by atoms with van der Waals surface area (Å²) >= 11 is 0. The van der Waals surface area contributed by atoms with E-state index < -0.39 is 0 Å². The molecule has 0 N–H and O–H groups in total. The number of nitrogens with zero attached hydrogens (tertiary/aromatic N) is 7. The maximum atomic E-state index is 5.68. The molecule has 0 aliphatic carbocycles. The number of fused-ring (bicyclic) bond motifs is 2. The average molecular weight is 375 g/mol. The summed E-state index contributed by atoms with van der Waals surface area (Å²) in [5.41, 5.74) is 3.01. The van der Waals surface area contributed by atoms with E-state index in [0.717, 1.165) is 22.1 Å². The van der Waals surface area contributed by atoms with Crippen LogP contribution in [0, 0.1) is 0 Å². The van der Waals surface area contributed by atoms with Crippen molar-refractivity contribution in [3.8, 4) is 11.6 Å². The first-order chi connectivity index (χ1) is 13.9. The van der Waals surface area contributed by atoms with E-state index in [0.29, 0.717) is 11.6 Å². The smallest absolute Gasteiger partial charge is 0.248 e. The molecule has 2 aromatic carbocycles. The molecule has 0 saturated heterocycles. The molecule has 9 nitrogen and oxygen atoms in total. The lowest BCUT2D eigenvalue weighted by Crippen LogP contribution is -2.09. The molecule has 5 aromatic rings. The second kappa shape index (κ2) is 7.70. The largest absolute Gasteiger partial charge is 0.354 e. The number of benzene rings is 2. The SMILES string of the molecule is CC.c1ccc2c(c1)nnn2Oc1ccc(On2nnc3ccccc32)nc1. The molecule has 0 atom stereocenters. The Balaban J connectivity index is 0.000000932. The van der Waals surface area contributed by atoms with Crippen molar-refractivity contribution in [3.63, 3.8) is 0 Å². The molecule has 5 rings (SSSR count). The van der Waals surface area contributed by atoms with Crippen molar-refractivity contribution in [2.75, 3.05) is 0 Å². The van der Waals surface area contributed by atoms with Crippen molar-refractivity contribution in [1.29, 1.82) is 0 Å². The van der Waals surface area contributed by atoms with Gasteiger partial charge in [0.05, 0.1) is 6.20 Å². The van der Waals surface area contributed by atoms with Crippen molar-refractivity contribution >= 4 is 22.1 Å². The zero-order valence-corrected chi connectivity index (χ0v) is 15.3. The van der Waals surface area contributed by atoms with Gasteiger partial charge in [-0.15, -0.1) is 10.2 Å². The number of hydrogen-bond donors (Lipinski definition) is 0. The first-order valence-corrected chi connectivity index (χ1v) is 8.80. The topological polar surface area (TPSA) is 92.8 Å². The van der Waals surface area contributed by atoms with Crippen LogP contribution in [0.15, 0.2) is 66.9 Å². The molecular weight excluding hydrogens is 358 g/mol. The number of rotatable bonds is 4. The summed E-state index contributed by atoms with van der Waals surface area (Å²) in [4.78, 5) is 18.2. The Morgan fingerprint density at radius 2 is 1.25 bits per heavy atom. The lowest BCUT2D eigenvalue weighted by atomic mass is 10.3. The molecule has 0 amide bonds. The molecule has 0 radical (unpaired) electrons. The normalized spacial score (nSPS) is 10.5. The van der Waals surface area contributed by atoms with Crippen LogP contribution < -0.4 is 9.68 Å². The zero-order valence-electron chi connectivity index (χ0n) is 15.3. The standard InChI is InChI=1S/C17H11N7O2.C2H6/c1-3-7-15-13(5-1)19-21-23(15)25-12-9-10-17(18-11-12)26-24-16-8-4-2-6-14(16)20-22-24;1-2/h1-11H;1-2H3. The summed E-state index contributed by atoms with van der Waals surface area (Å²) in [7, 11) is 0. The van der Waals surface area contributed by atoms with Crippen LogP contribution >= 0.6 is 0 Å². The van der Waals surface area contributed by atoms with Gasteiger partial charge < -0.3 is 9.68 Å². The molecule has 28 heavy (non-hydrogen) atoms. The zero-order chi connectivity index (χ0) is 19.3. The van der Waals surface area contributed by atoms with E-state index in [-0.39, 0.29) is 0 Å². The number of para-hydroxylation sites is 2. The fourth-order valence-electron chi connectivity index (χ4n) is 2.49. The van der Waals surface area contributed by atoms with Gasteiger partial charge in [0.15, 0.2) is 5.75 Å². The highest BCUT2D eigenvalue weighted by atomic mass is 16.7. The maximum absolute atomic E-state index is 5.68. The predicted octanol–water partition coefficient (Wildman–Crippen LogP) is 3.28. The van der Waals surface area contributed by atoms with Crippen LogP contribution in [0.25, 0.3) is 22.1 Å². The minimum Gasteiger partial charge on any atom is -0.354 e. The summed E-state index contributed by atoms with van der Waals surface area (Å²) < 4.78 is 0. The van der Waals surface area contributed by atoms with Crippen LogP contribution in [0.1, 0.15) is 13.8 Å². The van der Waals surface area contributed by atoms with Crippen molar-refractivity contribution in [3.05, 3.63) is 66.9 Å². The third-order valence-corrected chi connectivity index (χ3v) is 3.72. The quantitative estimate of drug-likeness (QED) is 0.476. The molecule has 3 aromatic heterocycles. The van der Waals surface area contributed by atoms with Crippen molar-refractivity contribution in [2.45, 2.75) is 13.8 Å². The lowest BCUT2D eigenvalue weighted by Gasteiger charge is -2.06. The van der Waals surface area contributed by atoms with Crippen LogP contribution in [0.5, 0.6) is 11.6 Å². The van der Waals surface area contributed by atoms with Gasteiger partial charge in [-0.05, 0) is 40.8 Å². The number of pyridine rings is 1. The maximum Gasteiger partial charge on any atom is 0.248 e. The Labute approximate surface area is 160 Å². The van der Waals surface area contributed by atoms with Crippen LogP contribution in [0.2, 0.25) is 0 Å². The van der Waals surface area contributed by atoms with Gasteiger partial charge in [-0.2, -0.15) is 0 Å². The minimum absolute atomic E-state index is 0.358. The Bertz CT molecular complexity index is 1100. The van der Waals surface area contributed by atoms with E-state index in [9.17, 15) is 0 Å². The molecule has 3 heterocycles. The molecule has 0 bridgehead atoms. The first-order valence-electron chi connectivity index (χ1n) is 8.80. The van der Waals surface area contributed by atoms with Crippen molar-refractivity contribution in [1.82, 2.24) is 35.3 Å². The van der Waals surface area contributed by atoms with E-state index in [4.69, 9.17) is 9.68 Å². The number of aromatic nitrogens is 7. The third-order valence-electron chi connectivity index (χ3n) is 3.72. The van der Waals surface area contributed by atoms with Gasteiger partial charge in [0.1, 0.15) is 22.1 Å². The Kier molecular flexibility index (Phi) is 4.79. The van der Waals surface area contributed by atoms with Gasteiger partial charge >= 0.3 is 0 Å². The van der Waals surface area contributed by atoms with Crippen LogP contribution in [-0.2, 0) is 0 Å². The van der Waals surface area contributed by atoms with E-state index in [1.54, 1.807) is 12.1 Å². The molecule has 0 aliphatic rings. The van der Waals surface area contributed by atoms with Crippen LogP contribution in [0.3, 0.4) is 0 Å². The minimum atomic E-state index is 0.358. The molecule has 140 valence electrons. The van der Waals surface area contributed by atoms with Gasteiger partial charge in [0, 0.05) is 6.07 Å². The Hall–Kier alpha value is -4.01. The fraction of sp³-hybridized carbons (Fsp3) is 0.105. The highest BCUT2D eigenvalue weighted by Crippen LogP contribution is 2.18. The average Bonchev–Trinajstić information content (AvgIpc) is 3.36. The third kappa shape index (κ3) is 3.32. The molecular formula is C19H17N7O2. The summed E-state index contributed by atoms with van der Waals surface area (Å²) in [6, 6.07) is 18.4. The molecule has 9 heteroatoms. The second-order valence-corrected chi connectivity index (χ2v) is 5.42. The Morgan fingerprint density at radius 3 is 1.82 bits per heavy atom. The van der Waals surface area contributed by atoms with Gasteiger partial charge in [0.25, 0.3) is 0 Å². The Morgan fingerprint density at radius 1 is 0.679 bits per heavy atom. The van der Waals surface area contributed by atoms with E-state index in [2.05, 4.69) is 25.6 Å². The van der Waals surface area contributed by atoms with Gasteiger partial charge in [0.2, 0.25) is 5.88 Å². The number of hydrogen-bond acceptors (Lipinski definition) is 7. The first kappa shape index (κ1) is 17.4. The van der Waals surface area contributed by atoms with E-state index in [1.807, 2.05) is 62.4 Å². The monoisotopic (exact) mass is 375 g/mol. The molecule has 0 spiro atoms. The lowest BCUT2D eigenvalue weighted by molar-refractivity contribution is 0.170. The van der Waals surface area contributed by atoms with Crippen molar-refractivity contribution < 1.29 is 9.68 Å². The van der Waals surface area contributed by atoms with E-state index in [1.165, 1.54) is 15.9 Å². The van der Waals surface area contributed by atoms with Gasteiger partial charge in [-0.25, -0.2) is 4.98 Å². The van der Waals surface area contributed by atoms with Gasteiger partial charge in [-0.1, -0.05) is 47.8 Å². The summed E-state index contributed by atoms with van der Waals surface area (Å²) in [6.07, 6.45) is 1.53. The second-order valence-electron chi connectivity index (χ2n) is 5.42. The highest BCUT2D eigenvalue weighted by molar-refractivity contribution is 5.74. The van der Waals surface area contributed by atoms with Crippen LogP contribution in [-0.4, -0.2) is 35.3 Å². The summed E-state index contributed by atoms with van der Waals surface area (Å²) in [5.74, 6) is 0.855. The summed E-state index contributed by atoms with van der Waals surface area (Å²) in [5, 5.41) is 16.0. The van der Waals surface area contributed by atoms with E-state index >= 15 is 0 Å². The predicted molar refractivity (Wildman–Crippen MR) is 103 cm³/mol. The fourth-order valence-corrected chi connectivity index (χ4v) is 2.49. The highest BCUT2D eigenvalue weighted by Gasteiger charge is 2.08. The van der Waals surface area contributed by atoms with Crippen LogP contribution in [0.4, 0.5) is 0 Å².